The van der Waals surface area contributed by atoms with Gasteiger partial charge in [0.1, 0.15) is 5.75 Å². The molecule has 0 saturated carbocycles. The molecule has 0 aliphatic carbocycles. The number of rotatable bonds is 0. The summed E-state index contributed by atoms with van der Waals surface area (Å²) in [5.41, 5.74) is 0. The van der Waals surface area contributed by atoms with Crippen LogP contribution in [0.5, 0.6) is 5.75 Å². The molecule has 0 radical (unpaired) electrons. The fraction of sp³-hybridized carbons (Fsp3) is 0. The van der Waals surface area contributed by atoms with E-state index >= 15 is 0 Å². The summed E-state index contributed by atoms with van der Waals surface area (Å²) < 4.78 is 0.471. The van der Waals surface area contributed by atoms with Gasteiger partial charge >= 0.3 is 0 Å². The maximum atomic E-state index is 9.07. The molecule has 1 aromatic rings. The molecule has 0 amide bonds. The molecule has 1 nitrogen and oxygen atoms in total. The van der Waals surface area contributed by atoms with Gasteiger partial charge in [-0.25, -0.2) is 0 Å². The highest BCUT2D eigenvalue weighted by Gasteiger charge is 2.03. The summed E-state index contributed by atoms with van der Waals surface area (Å²) in [5.74, 6) is 0.0532. The van der Waals surface area contributed by atoms with E-state index in [0.717, 1.165) is 0 Å². The monoisotopic (exact) mass is 240 g/mol. The number of phenols is 1. The summed E-state index contributed by atoms with van der Waals surface area (Å²) >= 11 is 14.3. The van der Waals surface area contributed by atoms with Crippen molar-refractivity contribution in [1.82, 2.24) is 0 Å². The van der Waals surface area contributed by atoms with E-state index in [-0.39, 0.29) is 5.75 Å². The van der Waals surface area contributed by atoms with E-state index < -0.39 is 0 Å². The summed E-state index contributed by atoms with van der Waals surface area (Å²) in [6.07, 6.45) is 0. The lowest BCUT2D eigenvalue weighted by Crippen LogP contribution is -1.71. The van der Waals surface area contributed by atoms with Crippen LogP contribution in [0.1, 0.15) is 0 Å². The van der Waals surface area contributed by atoms with E-state index in [1.54, 1.807) is 6.07 Å². The summed E-state index contributed by atoms with van der Waals surface area (Å²) in [6.45, 7) is 0. The Hall–Kier alpha value is 0.0800. The van der Waals surface area contributed by atoms with Gasteiger partial charge in [-0.15, -0.1) is 0 Å². The summed E-state index contributed by atoms with van der Waals surface area (Å²) in [5, 5.41) is 9.89. The molecule has 0 atom stereocenters. The van der Waals surface area contributed by atoms with Gasteiger partial charge < -0.3 is 5.11 Å². The molecule has 10 heavy (non-hydrogen) atoms. The fourth-order valence-corrected chi connectivity index (χ4v) is 1.25. The first-order valence-electron chi connectivity index (χ1n) is 2.45. The average molecular weight is 242 g/mol. The van der Waals surface area contributed by atoms with E-state index in [2.05, 4.69) is 15.9 Å². The Morgan fingerprint density at radius 1 is 1.30 bits per heavy atom. The molecule has 0 aromatic heterocycles. The zero-order valence-electron chi connectivity index (χ0n) is 4.74. The number of benzene rings is 1. The highest BCUT2D eigenvalue weighted by atomic mass is 79.9. The maximum absolute atomic E-state index is 9.07. The van der Waals surface area contributed by atoms with Crippen molar-refractivity contribution in [3.63, 3.8) is 0 Å². The molecule has 1 aromatic carbocycles. The van der Waals surface area contributed by atoms with Crippen LogP contribution in [0.2, 0.25) is 10.0 Å². The van der Waals surface area contributed by atoms with Crippen LogP contribution >= 0.6 is 39.1 Å². The summed E-state index contributed by atoms with van der Waals surface area (Å²) in [4.78, 5) is 0. The van der Waals surface area contributed by atoms with Crippen LogP contribution < -0.4 is 0 Å². The molecule has 0 heterocycles. The largest absolute Gasteiger partial charge is 0.507 e. The Morgan fingerprint density at radius 2 is 1.90 bits per heavy atom. The van der Waals surface area contributed by atoms with E-state index in [0.29, 0.717) is 14.5 Å². The second-order valence-electron chi connectivity index (χ2n) is 1.72. The van der Waals surface area contributed by atoms with Gasteiger partial charge in [-0.2, -0.15) is 0 Å². The van der Waals surface area contributed by atoms with Gasteiger partial charge in [0.2, 0.25) is 0 Å². The van der Waals surface area contributed by atoms with Crippen molar-refractivity contribution in [3.8, 4) is 5.75 Å². The normalized spacial score (nSPS) is 9.90. The van der Waals surface area contributed by atoms with Crippen LogP contribution in [0.3, 0.4) is 0 Å². The van der Waals surface area contributed by atoms with E-state index in [1.807, 2.05) is 0 Å². The van der Waals surface area contributed by atoms with Gasteiger partial charge in [0.15, 0.2) is 0 Å². The highest BCUT2D eigenvalue weighted by Crippen LogP contribution is 2.34. The third-order valence-electron chi connectivity index (χ3n) is 0.974. The number of phenolic OH excluding ortho intramolecular Hbond substituents is 1. The van der Waals surface area contributed by atoms with E-state index in [4.69, 9.17) is 28.3 Å². The second kappa shape index (κ2) is 2.99. The first-order valence-corrected chi connectivity index (χ1v) is 3.99. The van der Waals surface area contributed by atoms with Crippen molar-refractivity contribution < 1.29 is 5.11 Å². The lowest BCUT2D eigenvalue weighted by Gasteiger charge is -1.98. The quantitative estimate of drug-likeness (QED) is 0.690. The highest BCUT2D eigenvalue weighted by molar-refractivity contribution is 9.10. The zero-order chi connectivity index (χ0) is 7.72. The number of hydrogen-bond acceptors (Lipinski definition) is 1. The SMILES string of the molecule is Oc1cc(Cl)cc(Cl)c1Br. The number of halogens is 3. The standard InChI is InChI=1S/C6H3BrCl2O/c7-6-4(9)1-3(8)2-5(6)10/h1-2,10H. The first-order chi connectivity index (χ1) is 4.61. The fourth-order valence-electron chi connectivity index (χ4n) is 0.542. The molecule has 0 aliphatic rings. The van der Waals surface area contributed by atoms with Gasteiger partial charge in [0.05, 0.1) is 9.50 Å². The molecule has 54 valence electrons. The van der Waals surface area contributed by atoms with Gasteiger partial charge in [0, 0.05) is 5.02 Å². The Morgan fingerprint density at radius 3 is 2.40 bits per heavy atom. The molecule has 0 aliphatic heterocycles. The van der Waals surface area contributed by atoms with Crippen molar-refractivity contribution >= 4 is 39.1 Å². The van der Waals surface area contributed by atoms with Crippen LogP contribution in [0.4, 0.5) is 0 Å². The summed E-state index contributed by atoms with van der Waals surface area (Å²) in [6, 6.07) is 2.96. The maximum Gasteiger partial charge on any atom is 0.132 e. The van der Waals surface area contributed by atoms with Crippen LogP contribution in [0.15, 0.2) is 16.6 Å². The Balaban J connectivity index is 3.31. The number of aromatic hydroxyl groups is 1. The molecular formula is C6H3BrCl2O. The molecule has 1 rings (SSSR count). The average Bonchev–Trinajstić information content (AvgIpc) is 1.82. The van der Waals surface area contributed by atoms with Crippen LogP contribution in [-0.2, 0) is 0 Å². The smallest absolute Gasteiger partial charge is 0.132 e. The summed E-state index contributed by atoms with van der Waals surface area (Å²) in [7, 11) is 0. The zero-order valence-corrected chi connectivity index (χ0v) is 7.83. The number of hydrogen-bond donors (Lipinski definition) is 1. The first kappa shape index (κ1) is 8.18. The van der Waals surface area contributed by atoms with Crippen molar-refractivity contribution in [2.75, 3.05) is 0 Å². The van der Waals surface area contributed by atoms with E-state index in [9.17, 15) is 0 Å². The predicted octanol–water partition coefficient (Wildman–Crippen LogP) is 3.46. The third kappa shape index (κ3) is 1.57. The van der Waals surface area contributed by atoms with E-state index in [1.165, 1.54) is 6.07 Å². The van der Waals surface area contributed by atoms with Gasteiger partial charge in [-0.05, 0) is 28.1 Å². The molecule has 0 fully saturated rings. The topological polar surface area (TPSA) is 20.2 Å². The van der Waals surface area contributed by atoms with Crippen LogP contribution in [-0.4, -0.2) is 5.11 Å². The molecule has 0 bridgehead atoms. The van der Waals surface area contributed by atoms with Gasteiger partial charge in [-0.1, -0.05) is 23.2 Å². The molecule has 1 N–H and O–H groups in total. The van der Waals surface area contributed by atoms with Crippen molar-refractivity contribution in [2.45, 2.75) is 0 Å². The molecule has 0 saturated heterocycles. The van der Waals surface area contributed by atoms with Gasteiger partial charge in [-0.3, -0.25) is 0 Å². The minimum atomic E-state index is 0.0532. The third-order valence-corrected chi connectivity index (χ3v) is 2.55. The van der Waals surface area contributed by atoms with Crippen molar-refractivity contribution in [3.05, 3.63) is 26.7 Å². The molecule has 0 unspecified atom stereocenters. The lowest BCUT2D eigenvalue weighted by molar-refractivity contribution is 0.472. The molecule has 4 heteroatoms. The van der Waals surface area contributed by atoms with Gasteiger partial charge in [0.25, 0.3) is 0 Å². The Kier molecular flexibility index (Phi) is 2.45. The minimum absolute atomic E-state index is 0.0532. The molecular weight excluding hydrogens is 239 g/mol. The Labute approximate surface area is 76.7 Å². The van der Waals surface area contributed by atoms with Crippen molar-refractivity contribution in [1.29, 1.82) is 0 Å². The van der Waals surface area contributed by atoms with Crippen LogP contribution in [0.25, 0.3) is 0 Å². The molecule has 0 spiro atoms. The van der Waals surface area contributed by atoms with Crippen molar-refractivity contribution in [2.24, 2.45) is 0 Å². The second-order valence-corrected chi connectivity index (χ2v) is 3.36. The lowest BCUT2D eigenvalue weighted by atomic mass is 10.3. The Bertz CT molecular complexity index is 239. The van der Waals surface area contributed by atoms with Crippen LogP contribution in [0, 0.1) is 0 Å². The minimum Gasteiger partial charge on any atom is -0.507 e. The predicted molar refractivity (Wildman–Crippen MR) is 45.8 cm³/mol.